The van der Waals surface area contributed by atoms with E-state index in [1.165, 1.54) is 30.3 Å². The molecule has 0 saturated carbocycles. The number of rotatable bonds is 6. The smallest absolute Gasteiger partial charge is 0.411 e. The molecule has 0 aliphatic carbocycles. The molecule has 0 bridgehead atoms. The highest BCUT2D eigenvalue weighted by Crippen LogP contribution is 2.37. The number of amides is 1. The van der Waals surface area contributed by atoms with Crippen LogP contribution in [0.1, 0.15) is 29.8 Å². The lowest BCUT2D eigenvalue weighted by Crippen LogP contribution is -2.49. The van der Waals surface area contributed by atoms with E-state index in [1.54, 1.807) is 30.2 Å². The summed E-state index contributed by atoms with van der Waals surface area (Å²) in [6.07, 6.45) is 0.925. The first-order chi connectivity index (χ1) is 17.2. The van der Waals surface area contributed by atoms with Gasteiger partial charge in [-0.2, -0.15) is 0 Å². The third-order valence-corrected chi connectivity index (χ3v) is 6.59. The van der Waals surface area contributed by atoms with E-state index < -0.39 is 30.2 Å². The van der Waals surface area contributed by atoms with Crippen LogP contribution in [-0.2, 0) is 11.3 Å². The van der Waals surface area contributed by atoms with Crippen molar-refractivity contribution in [2.45, 2.75) is 38.7 Å². The molecule has 0 N–H and O–H groups in total. The largest absolute Gasteiger partial charge is 0.481 e. The minimum Gasteiger partial charge on any atom is -0.481 e. The van der Waals surface area contributed by atoms with Crippen LogP contribution < -0.4 is 9.64 Å². The van der Waals surface area contributed by atoms with E-state index in [0.717, 1.165) is 5.56 Å². The van der Waals surface area contributed by atoms with E-state index in [4.69, 9.17) is 21.1 Å². The summed E-state index contributed by atoms with van der Waals surface area (Å²) in [5.74, 6) is 0.278. The summed E-state index contributed by atoms with van der Waals surface area (Å²) in [5.41, 5.74) is 2.92. The SMILES string of the molecule is COc1ncc(Cl)cc1-c1cnc(N2CC(F)C2)nc1CN1C(=O)O[C@H](c2cc(C)cc(F)c2)[C@@H]1C. The minimum absolute atomic E-state index is 0.0677. The van der Waals surface area contributed by atoms with E-state index in [1.807, 2.05) is 6.92 Å². The maximum absolute atomic E-state index is 14.1. The van der Waals surface area contributed by atoms with Crippen LogP contribution in [0.25, 0.3) is 11.1 Å². The predicted molar refractivity (Wildman–Crippen MR) is 129 cm³/mol. The van der Waals surface area contributed by atoms with Gasteiger partial charge in [-0.1, -0.05) is 17.7 Å². The van der Waals surface area contributed by atoms with Crippen LogP contribution in [0.3, 0.4) is 0 Å². The number of aromatic nitrogens is 3. The van der Waals surface area contributed by atoms with Gasteiger partial charge in [-0.25, -0.2) is 28.5 Å². The molecule has 2 saturated heterocycles. The Bertz CT molecular complexity index is 1300. The lowest BCUT2D eigenvalue weighted by atomic mass is 10.0. The molecule has 0 radical (unpaired) electrons. The molecule has 0 unspecified atom stereocenters. The number of aryl methyl sites for hydroxylation is 1. The molecular weight excluding hydrogens is 492 g/mol. The lowest BCUT2D eigenvalue weighted by molar-refractivity contribution is 0.130. The number of methoxy groups -OCH3 is 1. The summed E-state index contributed by atoms with van der Waals surface area (Å²) >= 11 is 6.21. The van der Waals surface area contributed by atoms with Crippen LogP contribution in [0.5, 0.6) is 5.88 Å². The summed E-state index contributed by atoms with van der Waals surface area (Å²) in [6, 6.07) is 5.86. The Balaban J connectivity index is 1.52. The minimum atomic E-state index is -0.932. The molecule has 2 aliphatic rings. The average molecular weight is 516 g/mol. The number of anilines is 1. The number of carbonyl (C=O) groups excluding carboxylic acids is 1. The molecule has 1 amide bonds. The average Bonchev–Trinajstić information content (AvgIpc) is 3.10. The molecule has 1 aromatic carbocycles. The van der Waals surface area contributed by atoms with Crippen LogP contribution >= 0.6 is 11.6 Å². The predicted octanol–water partition coefficient (Wildman–Crippen LogP) is 4.89. The molecule has 4 heterocycles. The van der Waals surface area contributed by atoms with Crippen molar-refractivity contribution in [3.63, 3.8) is 0 Å². The first kappa shape index (κ1) is 24.2. The Labute approximate surface area is 211 Å². The van der Waals surface area contributed by atoms with Crippen molar-refractivity contribution in [3.8, 4) is 17.0 Å². The van der Waals surface area contributed by atoms with Gasteiger partial charge in [-0.05, 0) is 43.2 Å². The van der Waals surface area contributed by atoms with Crippen LogP contribution in [-0.4, -0.2) is 58.4 Å². The molecule has 3 aromatic rings. The molecule has 2 atom stereocenters. The van der Waals surface area contributed by atoms with Gasteiger partial charge in [0.25, 0.3) is 0 Å². The maximum Gasteiger partial charge on any atom is 0.411 e. The Morgan fingerprint density at radius 3 is 2.64 bits per heavy atom. The van der Waals surface area contributed by atoms with Crippen LogP contribution in [0.15, 0.2) is 36.7 Å². The summed E-state index contributed by atoms with van der Waals surface area (Å²) in [6.45, 7) is 4.08. The fraction of sp³-hybridized carbons (Fsp3) is 0.360. The molecule has 11 heteroatoms. The van der Waals surface area contributed by atoms with Crippen molar-refractivity contribution in [1.82, 2.24) is 19.9 Å². The van der Waals surface area contributed by atoms with Gasteiger partial charge >= 0.3 is 6.09 Å². The molecule has 2 aliphatic heterocycles. The van der Waals surface area contributed by atoms with Gasteiger partial charge < -0.3 is 14.4 Å². The third-order valence-electron chi connectivity index (χ3n) is 6.38. The Morgan fingerprint density at radius 1 is 1.17 bits per heavy atom. The molecule has 8 nitrogen and oxygen atoms in total. The lowest BCUT2D eigenvalue weighted by Gasteiger charge is -2.34. The van der Waals surface area contributed by atoms with Gasteiger partial charge in [-0.3, -0.25) is 4.90 Å². The third kappa shape index (κ3) is 4.53. The van der Waals surface area contributed by atoms with Crippen molar-refractivity contribution in [2.24, 2.45) is 0 Å². The number of alkyl halides is 1. The fourth-order valence-electron chi connectivity index (χ4n) is 4.52. The molecular formula is C25H24ClF2N5O3. The summed E-state index contributed by atoms with van der Waals surface area (Å²) in [7, 11) is 1.49. The highest BCUT2D eigenvalue weighted by molar-refractivity contribution is 6.30. The second-order valence-corrected chi connectivity index (χ2v) is 9.41. The number of carbonyl (C=O) groups is 1. The van der Waals surface area contributed by atoms with Crippen molar-refractivity contribution in [1.29, 1.82) is 0 Å². The zero-order valence-corrected chi connectivity index (χ0v) is 20.7. The van der Waals surface area contributed by atoms with E-state index in [9.17, 15) is 13.6 Å². The summed E-state index contributed by atoms with van der Waals surface area (Å²) < 4.78 is 38.6. The quantitative estimate of drug-likeness (QED) is 0.462. The molecule has 2 aromatic heterocycles. The summed E-state index contributed by atoms with van der Waals surface area (Å²) in [4.78, 5) is 29.5. The van der Waals surface area contributed by atoms with Gasteiger partial charge in [0.15, 0.2) is 0 Å². The number of pyridine rings is 1. The normalized spacial score (nSPS) is 19.9. The number of ether oxygens (including phenoxy) is 2. The number of nitrogens with zero attached hydrogens (tertiary/aromatic N) is 5. The molecule has 36 heavy (non-hydrogen) atoms. The molecule has 5 rings (SSSR count). The zero-order valence-electron chi connectivity index (χ0n) is 19.9. The summed E-state index contributed by atoms with van der Waals surface area (Å²) in [5, 5.41) is 0.388. The van der Waals surface area contributed by atoms with E-state index in [-0.39, 0.29) is 19.6 Å². The van der Waals surface area contributed by atoms with Crippen molar-refractivity contribution < 1.29 is 23.0 Å². The van der Waals surface area contributed by atoms with Crippen molar-refractivity contribution in [3.05, 3.63) is 64.3 Å². The molecule has 0 spiro atoms. The van der Waals surface area contributed by atoms with Crippen molar-refractivity contribution in [2.75, 3.05) is 25.1 Å². The van der Waals surface area contributed by atoms with Gasteiger partial charge in [-0.15, -0.1) is 0 Å². The number of benzene rings is 1. The van der Waals surface area contributed by atoms with Crippen molar-refractivity contribution >= 4 is 23.6 Å². The first-order valence-electron chi connectivity index (χ1n) is 11.4. The topological polar surface area (TPSA) is 80.7 Å². The van der Waals surface area contributed by atoms with Gasteiger partial charge in [0, 0.05) is 23.5 Å². The zero-order chi connectivity index (χ0) is 25.6. The number of cyclic esters (lactones) is 1. The van der Waals surface area contributed by atoms with Gasteiger partial charge in [0.1, 0.15) is 18.1 Å². The Kier molecular flexibility index (Phi) is 6.38. The monoisotopic (exact) mass is 515 g/mol. The molecule has 2 fully saturated rings. The number of hydrogen-bond acceptors (Lipinski definition) is 7. The Morgan fingerprint density at radius 2 is 1.94 bits per heavy atom. The molecule has 188 valence electrons. The highest BCUT2D eigenvalue weighted by Gasteiger charge is 2.41. The number of halogens is 3. The second kappa shape index (κ2) is 9.50. The second-order valence-electron chi connectivity index (χ2n) is 8.98. The Hall–Kier alpha value is -3.53. The standard InChI is InChI=1S/C25H24ClF2N5O3/c1-13-4-15(6-17(27)5-13)22-14(2)33(25(34)36-22)12-21-20(19-7-16(26)8-29-23(19)35-3)9-30-24(31-21)32-10-18(28)11-32/h4-9,14,18,22H,10-12H2,1-3H3/t14-,22-/m0/s1. The van der Waals surface area contributed by atoms with Crippen LogP contribution in [0, 0.1) is 12.7 Å². The van der Waals surface area contributed by atoms with E-state index in [2.05, 4.69) is 15.0 Å². The highest BCUT2D eigenvalue weighted by atomic mass is 35.5. The maximum atomic E-state index is 14.1. The van der Waals surface area contributed by atoms with Crippen LogP contribution in [0.2, 0.25) is 5.02 Å². The van der Waals surface area contributed by atoms with E-state index in [0.29, 0.717) is 39.2 Å². The van der Waals surface area contributed by atoms with Gasteiger partial charge in [0.2, 0.25) is 11.8 Å². The van der Waals surface area contributed by atoms with Gasteiger partial charge in [0.05, 0.1) is 43.5 Å². The first-order valence-corrected chi connectivity index (χ1v) is 11.8. The fourth-order valence-corrected chi connectivity index (χ4v) is 4.68. The number of hydrogen-bond donors (Lipinski definition) is 0. The van der Waals surface area contributed by atoms with Crippen LogP contribution in [0.4, 0.5) is 19.5 Å². The van der Waals surface area contributed by atoms with E-state index >= 15 is 0 Å².